The van der Waals surface area contributed by atoms with Crippen molar-refractivity contribution in [2.75, 3.05) is 0 Å². The Morgan fingerprint density at radius 1 is 1.42 bits per heavy atom. The van der Waals surface area contributed by atoms with E-state index in [1.807, 2.05) is 6.07 Å². The van der Waals surface area contributed by atoms with Crippen LogP contribution in [-0.2, 0) is 14.8 Å². The molecule has 19 heavy (non-hydrogen) atoms. The summed E-state index contributed by atoms with van der Waals surface area (Å²) in [6, 6.07) is 6.05. The first-order chi connectivity index (χ1) is 8.60. The molecule has 6 nitrogen and oxygen atoms in total. The summed E-state index contributed by atoms with van der Waals surface area (Å²) in [6.45, 7) is 4.39. The lowest BCUT2D eigenvalue weighted by molar-refractivity contribution is -0.122. The number of rotatable bonds is 4. The Labute approximate surface area is 112 Å². The van der Waals surface area contributed by atoms with Crippen LogP contribution in [0.4, 0.5) is 0 Å². The number of nitrogens with two attached hydrogens (primary N) is 1. The maximum absolute atomic E-state index is 12.1. The molecule has 7 heteroatoms. The van der Waals surface area contributed by atoms with E-state index in [0.29, 0.717) is 11.1 Å². The zero-order valence-corrected chi connectivity index (χ0v) is 11.7. The molecule has 1 aromatic rings. The molecular weight excluding hydrogens is 266 g/mol. The molecule has 0 aliphatic heterocycles. The lowest BCUT2D eigenvalue weighted by Crippen LogP contribution is -2.52. The minimum Gasteiger partial charge on any atom is -0.368 e. The van der Waals surface area contributed by atoms with Crippen LogP contribution < -0.4 is 10.5 Å². The first kappa shape index (κ1) is 15.1. The predicted molar refractivity (Wildman–Crippen MR) is 69.5 cm³/mol. The number of carbonyl (C=O) groups excluding carboxylic acids is 1. The molecule has 0 saturated heterocycles. The monoisotopic (exact) mass is 281 g/mol. The standard InChI is InChI=1S/C12H15N3O3S/c1-8-6-10(5-4-9(8)7-13)19(17,18)15-12(2,3)11(14)16/h4-6,15H,1-3H3,(H2,14,16). The number of carbonyl (C=O) groups is 1. The quantitative estimate of drug-likeness (QED) is 0.832. The average Bonchev–Trinajstić information content (AvgIpc) is 2.27. The average molecular weight is 281 g/mol. The Hall–Kier alpha value is -1.91. The third-order valence-electron chi connectivity index (χ3n) is 2.63. The van der Waals surface area contributed by atoms with Gasteiger partial charge in [0, 0.05) is 0 Å². The molecule has 0 bridgehead atoms. The number of primary amides is 1. The van der Waals surface area contributed by atoms with Gasteiger partial charge in [-0.05, 0) is 44.5 Å². The smallest absolute Gasteiger partial charge is 0.241 e. The second kappa shape index (κ2) is 4.99. The highest BCUT2D eigenvalue weighted by atomic mass is 32.2. The first-order valence-corrected chi connectivity index (χ1v) is 6.93. The van der Waals surface area contributed by atoms with Gasteiger partial charge in [0.2, 0.25) is 15.9 Å². The van der Waals surface area contributed by atoms with Crippen LogP contribution in [0.2, 0.25) is 0 Å². The summed E-state index contributed by atoms with van der Waals surface area (Å²) in [6.07, 6.45) is 0. The van der Waals surface area contributed by atoms with Gasteiger partial charge < -0.3 is 5.73 Å². The van der Waals surface area contributed by atoms with Gasteiger partial charge in [-0.1, -0.05) is 0 Å². The third-order valence-corrected chi connectivity index (χ3v) is 4.29. The topological polar surface area (TPSA) is 113 Å². The molecule has 0 unspecified atom stereocenters. The van der Waals surface area contributed by atoms with Gasteiger partial charge in [-0.25, -0.2) is 8.42 Å². The number of benzene rings is 1. The van der Waals surface area contributed by atoms with Crippen LogP contribution in [0.1, 0.15) is 25.0 Å². The summed E-state index contributed by atoms with van der Waals surface area (Å²) in [5.74, 6) is -0.776. The fraction of sp³-hybridized carbons (Fsp3) is 0.333. The fourth-order valence-corrected chi connectivity index (χ4v) is 2.84. The van der Waals surface area contributed by atoms with Crippen LogP contribution >= 0.6 is 0 Å². The Kier molecular flexibility index (Phi) is 3.98. The van der Waals surface area contributed by atoms with E-state index in [1.54, 1.807) is 6.92 Å². The van der Waals surface area contributed by atoms with Gasteiger partial charge in [-0.15, -0.1) is 0 Å². The molecule has 0 fully saturated rings. The van der Waals surface area contributed by atoms with Gasteiger partial charge >= 0.3 is 0 Å². The lowest BCUT2D eigenvalue weighted by atomic mass is 10.1. The molecule has 0 aliphatic rings. The molecule has 0 heterocycles. The van der Waals surface area contributed by atoms with E-state index in [-0.39, 0.29) is 4.90 Å². The van der Waals surface area contributed by atoms with Crippen molar-refractivity contribution in [3.63, 3.8) is 0 Å². The Morgan fingerprint density at radius 2 is 2.00 bits per heavy atom. The van der Waals surface area contributed by atoms with Crippen LogP contribution in [-0.4, -0.2) is 19.9 Å². The van der Waals surface area contributed by atoms with Crippen molar-refractivity contribution in [1.29, 1.82) is 5.26 Å². The summed E-state index contributed by atoms with van der Waals surface area (Å²) in [5.41, 5.74) is 4.67. The van der Waals surface area contributed by atoms with E-state index in [2.05, 4.69) is 4.72 Å². The van der Waals surface area contributed by atoms with Crippen LogP contribution in [0.5, 0.6) is 0 Å². The molecule has 1 amide bonds. The van der Waals surface area contributed by atoms with Crippen molar-refractivity contribution in [3.05, 3.63) is 29.3 Å². The molecule has 1 rings (SSSR count). The molecule has 0 atom stereocenters. The second-order valence-electron chi connectivity index (χ2n) is 4.68. The number of hydrogen-bond donors (Lipinski definition) is 2. The van der Waals surface area contributed by atoms with E-state index in [1.165, 1.54) is 32.0 Å². The number of sulfonamides is 1. The molecule has 0 spiro atoms. The van der Waals surface area contributed by atoms with Crippen LogP contribution in [0.25, 0.3) is 0 Å². The Morgan fingerprint density at radius 3 is 2.42 bits per heavy atom. The van der Waals surface area contributed by atoms with Gasteiger partial charge in [0.25, 0.3) is 0 Å². The summed E-state index contributed by atoms with van der Waals surface area (Å²) >= 11 is 0. The summed E-state index contributed by atoms with van der Waals surface area (Å²) in [4.78, 5) is 11.1. The number of nitriles is 1. The van der Waals surface area contributed by atoms with Gasteiger partial charge in [0.1, 0.15) is 5.54 Å². The summed E-state index contributed by atoms with van der Waals surface area (Å²) in [5, 5.41) is 8.80. The SMILES string of the molecule is Cc1cc(S(=O)(=O)NC(C)(C)C(N)=O)ccc1C#N. The van der Waals surface area contributed by atoms with E-state index in [0.717, 1.165) is 0 Å². The van der Waals surface area contributed by atoms with E-state index in [4.69, 9.17) is 11.0 Å². The van der Waals surface area contributed by atoms with Gasteiger partial charge in [0.15, 0.2) is 0 Å². The first-order valence-electron chi connectivity index (χ1n) is 5.45. The molecule has 3 N–H and O–H groups in total. The van der Waals surface area contributed by atoms with Crippen molar-refractivity contribution in [2.24, 2.45) is 5.73 Å². The van der Waals surface area contributed by atoms with E-state index in [9.17, 15) is 13.2 Å². The number of hydrogen-bond acceptors (Lipinski definition) is 4. The normalized spacial score (nSPS) is 11.9. The zero-order chi connectivity index (χ0) is 14.8. The molecular formula is C12H15N3O3S. The molecule has 0 saturated carbocycles. The predicted octanol–water partition coefficient (Wildman–Crippen LogP) is 0.409. The van der Waals surface area contributed by atoms with Crippen molar-refractivity contribution in [3.8, 4) is 6.07 Å². The maximum atomic E-state index is 12.1. The minimum absolute atomic E-state index is 0.0154. The van der Waals surface area contributed by atoms with Crippen molar-refractivity contribution >= 4 is 15.9 Å². The Bertz CT molecular complexity index is 657. The number of nitrogens with one attached hydrogen (secondary N) is 1. The van der Waals surface area contributed by atoms with Crippen LogP contribution in [0.15, 0.2) is 23.1 Å². The number of amides is 1. The van der Waals surface area contributed by atoms with Crippen molar-refractivity contribution < 1.29 is 13.2 Å². The molecule has 102 valence electrons. The third kappa shape index (κ3) is 3.30. The highest BCUT2D eigenvalue weighted by Gasteiger charge is 2.31. The molecule has 0 aromatic heterocycles. The van der Waals surface area contributed by atoms with E-state index >= 15 is 0 Å². The minimum atomic E-state index is -3.87. The van der Waals surface area contributed by atoms with Crippen LogP contribution in [0, 0.1) is 18.3 Å². The fourth-order valence-electron chi connectivity index (χ4n) is 1.37. The van der Waals surface area contributed by atoms with Gasteiger partial charge in [0.05, 0.1) is 16.5 Å². The zero-order valence-electron chi connectivity index (χ0n) is 10.9. The van der Waals surface area contributed by atoms with Crippen molar-refractivity contribution in [1.82, 2.24) is 4.72 Å². The largest absolute Gasteiger partial charge is 0.368 e. The molecule has 0 radical (unpaired) electrons. The summed E-state index contributed by atoms with van der Waals surface area (Å²) in [7, 11) is -3.87. The van der Waals surface area contributed by atoms with Gasteiger partial charge in [-0.2, -0.15) is 9.98 Å². The number of aryl methyl sites for hydroxylation is 1. The Balaban J connectivity index is 3.19. The maximum Gasteiger partial charge on any atom is 0.241 e. The van der Waals surface area contributed by atoms with Crippen molar-refractivity contribution in [2.45, 2.75) is 31.2 Å². The highest BCUT2D eigenvalue weighted by molar-refractivity contribution is 7.89. The van der Waals surface area contributed by atoms with Gasteiger partial charge in [-0.3, -0.25) is 4.79 Å². The second-order valence-corrected chi connectivity index (χ2v) is 6.37. The summed E-state index contributed by atoms with van der Waals surface area (Å²) < 4.78 is 26.4. The lowest BCUT2D eigenvalue weighted by Gasteiger charge is -2.22. The molecule has 1 aromatic carbocycles. The van der Waals surface area contributed by atoms with E-state index < -0.39 is 21.5 Å². The molecule has 0 aliphatic carbocycles. The highest BCUT2D eigenvalue weighted by Crippen LogP contribution is 2.17. The van der Waals surface area contributed by atoms with Crippen LogP contribution in [0.3, 0.4) is 0 Å². The number of nitrogens with zero attached hydrogens (tertiary/aromatic N) is 1.